The Kier molecular flexibility index (Phi) is 5.77. The van der Waals surface area contributed by atoms with E-state index in [1.807, 2.05) is 12.1 Å². The first-order valence-electron chi connectivity index (χ1n) is 10.5. The Balaban J connectivity index is 1.52. The molecule has 1 N–H and O–H groups in total. The van der Waals surface area contributed by atoms with Gasteiger partial charge in [-0.15, -0.1) is 0 Å². The fraction of sp³-hybridized carbons (Fsp3) is 0.120. The minimum atomic E-state index is -0.258. The van der Waals surface area contributed by atoms with Crippen LogP contribution in [0.15, 0.2) is 82.7 Å². The number of para-hydroxylation sites is 3. The van der Waals surface area contributed by atoms with Crippen molar-refractivity contribution >= 4 is 45.9 Å². The Morgan fingerprint density at radius 3 is 2.71 bits per heavy atom. The average molecular weight is 473 g/mol. The fourth-order valence-electron chi connectivity index (χ4n) is 3.85. The fourth-order valence-corrected chi connectivity index (χ4v) is 4.74. The molecular formula is C25H20N4O4S. The van der Waals surface area contributed by atoms with Crippen LogP contribution in [-0.2, 0) is 9.59 Å². The second-order valence-electron chi connectivity index (χ2n) is 7.59. The van der Waals surface area contributed by atoms with Gasteiger partial charge in [0.25, 0.3) is 5.56 Å². The number of hydrogen-bond acceptors (Lipinski definition) is 6. The zero-order valence-electron chi connectivity index (χ0n) is 18.2. The molecule has 0 saturated carbocycles. The highest BCUT2D eigenvalue weighted by Gasteiger charge is 2.27. The van der Waals surface area contributed by atoms with Gasteiger partial charge in [0, 0.05) is 6.07 Å². The molecule has 170 valence electrons. The molecule has 34 heavy (non-hydrogen) atoms. The number of nitrogens with zero attached hydrogens (tertiary/aromatic N) is 3. The van der Waals surface area contributed by atoms with E-state index in [1.54, 1.807) is 67.8 Å². The summed E-state index contributed by atoms with van der Waals surface area (Å²) in [6, 6.07) is 21.4. The van der Waals surface area contributed by atoms with E-state index in [4.69, 9.17) is 4.74 Å². The molecule has 1 aliphatic heterocycles. The first-order valence-corrected chi connectivity index (χ1v) is 11.5. The van der Waals surface area contributed by atoms with Crippen molar-refractivity contribution in [3.8, 4) is 11.4 Å². The zero-order valence-corrected chi connectivity index (χ0v) is 19.0. The summed E-state index contributed by atoms with van der Waals surface area (Å²) in [5, 5.41) is 3.63. The predicted octanol–water partition coefficient (Wildman–Crippen LogP) is 3.47. The Hall–Kier alpha value is -4.11. The monoisotopic (exact) mass is 472 g/mol. The van der Waals surface area contributed by atoms with Crippen molar-refractivity contribution in [2.45, 2.75) is 5.16 Å². The lowest BCUT2D eigenvalue weighted by molar-refractivity contribution is -0.120. The molecule has 0 saturated heterocycles. The van der Waals surface area contributed by atoms with Gasteiger partial charge in [-0.3, -0.25) is 19.0 Å². The van der Waals surface area contributed by atoms with Crippen molar-refractivity contribution in [2.75, 3.05) is 29.6 Å². The molecule has 0 unspecified atom stereocenters. The summed E-state index contributed by atoms with van der Waals surface area (Å²) in [5.74, 6) is 0.0812. The van der Waals surface area contributed by atoms with E-state index >= 15 is 0 Å². The maximum Gasteiger partial charge on any atom is 0.266 e. The first-order chi connectivity index (χ1) is 16.5. The van der Waals surface area contributed by atoms with Gasteiger partial charge in [-0.1, -0.05) is 42.1 Å². The third-order valence-corrected chi connectivity index (χ3v) is 6.38. The lowest BCUT2D eigenvalue weighted by Crippen LogP contribution is -2.43. The van der Waals surface area contributed by atoms with E-state index in [9.17, 15) is 14.4 Å². The van der Waals surface area contributed by atoms with Crippen LogP contribution in [0.3, 0.4) is 0 Å². The topological polar surface area (TPSA) is 93.5 Å². The van der Waals surface area contributed by atoms with Crippen LogP contribution in [0.4, 0.5) is 11.4 Å². The molecule has 8 nitrogen and oxygen atoms in total. The molecule has 0 spiro atoms. The van der Waals surface area contributed by atoms with Crippen LogP contribution < -0.4 is 20.5 Å². The van der Waals surface area contributed by atoms with Crippen molar-refractivity contribution in [1.82, 2.24) is 9.55 Å². The summed E-state index contributed by atoms with van der Waals surface area (Å²) in [5.41, 5.74) is 2.12. The first kappa shape index (κ1) is 21.7. The number of benzene rings is 3. The number of thioether (sulfide) groups is 1. The van der Waals surface area contributed by atoms with Gasteiger partial charge in [0.15, 0.2) is 5.16 Å². The largest absolute Gasteiger partial charge is 0.497 e. The number of hydrogen-bond donors (Lipinski definition) is 1. The molecule has 0 radical (unpaired) electrons. The van der Waals surface area contributed by atoms with Crippen LogP contribution in [0, 0.1) is 0 Å². The maximum atomic E-state index is 13.4. The van der Waals surface area contributed by atoms with E-state index in [-0.39, 0.29) is 29.7 Å². The van der Waals surface area contributed by atoms with Crippen molar-refractivity contribution < 1.29 is 14.3 Å². The van der Waals surface area contributed by atoms with Gasteiger partial charge in [-0.2, -0.15) is 0 Å². The molecule has 2 amide bonds. The van der Waals surface area contributed by atoms with E-state index in [0.717, 1.165) is 11.8 Å². The summed E-state index contributed by atoms with van der Waals surface area (Å²) < 4.78 is 6.81. The number of amides is 2. The van der Waals surface area contributed by atoms with Crippen LogP contribution >= 0.6 is 11.8 Å². The third-order valence-electron chi connectivity index (χ3n) is 5.45. The molecule has 1 aliphatic rings. The van der Waals surface area contributed by atoms with Gasteiger partial charge in [0.1, 0.15) is 12.3 Å². The highest BCUT2D eigenvalue weighted by atomic mass is 32.2. The van der Waals surface area contributed by atoms with E-state index in [1.165, 1.54) is 9.47 Å². The smallest absolute Gasteiger partial charge is 0.266 e. The predicted molar refractivity (Wildman–Crippen MR) is 132 cm³/mol. The molecule has 5 rings (SSSR count). The minimum absolute atomic E-state index is 0.00361. The van der Waals surface area contributed by atoms with Gasteiger partial charge >= 0.3 is 0 Å². The van der Waals surface area contributed by atoms with Crippen molar-refractivity contribution in [1.29, 1.82) is 0 Å². The SMILES string of the molecule is COc1cccc(-n2c(SCC(=O)N3CC(=O)Nc4ccccc43)nc3ccccc3c2=O)c1. The standard InChI is InChI=1S/C25H20N4O4S/c1-33-17-8-6-7-16(13-17)29-24(32)18-9-2-3-10-19(18)27-25(29)34-15-23(31)28-14-22(30)26-20-11-4-5-12-21(20)28/h2-13H,14-15H2,1H3,(H,26,30). The van der Waals surface area contributed by atoms with Gasteiger partial charge in [-0.25, -0.2) is 4.98 Å². The Labute approximate surface area is 199 Å². The molecule has 0 atom stereocenters. The lowest BCUT2D eigenvalue weighted by Gasteiger charge is -2.29. The molecule has 3 aromatic carbocycles. The van der Waals surface area contributed by atoms with Gasteiger partial charge < -0.3 is 15.0 Å². The maximum absolute atomic E-state index is 13.4. The number of anilines is 2. The lowest BCUT2D eigenvalue weighted by atomic mass is 10.2. The molecule has 9 heteroatoms. The van der Waals surface area contributed by atoms with E-state index in [0.29, 0.717) is 38.9 Å². The van der Waals surface area contributed by atoms with E-state index in [2.05, 4.69) is 10.3 Å². The van der Waals surface area contributed by atoms with Crippen LogP contribution in [0.25, 0.3) is 16.6 Å². The number of carbonyl (C=O) groups is 2. The van der Waals surface area contributed by atoms with Crippen LogP contribution in [-0.4, -0.2) is 40.8 Å². The van der Waals surface area contributed by atoms with Crippen LogP contribution in [0.1, 0.15) is 0 Å². The van der Waals surface area contributed by atoms with E-state index < -0.39 is 0 Å². The van der Waals surface area contributed by atoms with Gasteiger partial charge in [0.05, 0.1) is 40.8 Å². The number of rotatable bonds is 5. The number of fused-ring (bicyclic) bond motifs is 2. The Morgan fingerprint density at radius 1 is 1.06 bits per heavy atom. The summed E-state index contributed by atoms with van der Waals surface area (Å²) in [6.45, 7) is -0.0652. The third kappa shape index (κ3) is 4.01. The summed E-state index contributed by atoms with van der Waals surface area (Å²) in [4.78, 5) is 44.8. The highest BCUT2D eigenvalue weighted by molar-refractivity contribution is 7.99. The highest BCUT2D eigenvalue weighted by Crippen LogP contribution is 2.30. The molecule has 4 aromatic rings. The molecule has 0 aliphatic carbocycles. The summed E-state index contributed by atoms with van der Waals surface area (Å²) >= 11 is 1.15. The normalized spacial score (nSPS) is 12.9. The van der Waals surface area contributed by atoms with Crippen LogP contribution in [0.2, 0.25) is 0 Å². The molecule has 0 fully saturated rings. The Bertz CT molecular complexity index is 1480. The zero-order chi connectivity index (χ0) is 23.7. The summed E-state index contributed by atoms with van der Waals surface area (Å²) in [6.07, 6.45) is 0. The quantitative estimate of drug-likeness (QED) is 0.353. The van der Waals surface area contributed by atoms with Crippen LogP contribution in [0.5, 0.6) is 5.75 Å². The van der Waals surface area contributed by atoms with Crippen molar-refractivity contribution in [3.05, 3.63) is 83.2 Å². The van der Waals surface area contributed by atoms with Gasteiger partial charge in [0.2, 0.25) is 11.8 Å². The number of methoxy groups -OCH3 is 1. The number of aromatic nitrogens is 2. The second-order valence-corrected chi connectivity index (χ2v) is 8.53. The average Bonchev–Trinajstić information content (AvgIpc) is 2.86. The molecular weight excluding hydrogens is 452 g/mol. The minimum Gasteiger partial charge on any atom is -0.497 e. The number of ether oxygens (including phenoxy) is 1. The molecule has 1 aromatic heterocycles. The Morgan fingerprint density at radius 2 is 1.85 bits per heavy atom. The molecule has 0 bridgehead atoms. The second kappa shape index (κ2) is 9.03. The van der Waals surface area contributed by atoms with Gasteiger partial charge in [-0.05, 0) is 36.4 Å². The van der Waals surface area contributed by atoms with Crippen molar-refractivity contribution in [2.24, 2.45) is 0 Å². The summed E-state index contributed by atoms with van der Waals surface area (Å²) in [7, 11) is 1.56. The number of nitrogens with one attached hydrogen (secondary N) is 1. The number of carbonyl (C=O) groups excluding carboxylic acids is 2. The molecule has 2 heterocycles. The van der Waals surface area contributed by atoms with Crippen molar-refractivity contribution in [3.63, 3.8) is 0 Å².